The van der Waals surface area contributed by atoms with Gasteiger partial charge in [0.2, 0.25) is 5.91 Å². The highest BCUT2D eigenvalue weighted by Crippen LogP contribution is 2.26. The molecule has 21 heavy (non-hydrogen) atoms. The number of nitrogens with zero attached hydrogens (tertiary/aromatic N) is 1. The molecule has 6 heteroatoms. The predicted molar refractivity (Wildman–Crippen MR) is 77.6 cm³/mol. The van der Waals surface area contributed by atoms with Gasteiger partial charge in [0.05, 0.1) is 13.1 Å². The lowest BCUT2D eigenvalue weighted by Gasteiger charge is -2.16. The van der Waals surface area contributed by atoms with Crippen LogP contribution in [0.4, 0.5) is 10.5 Å². The number of carbonyl (C=O) groups is 3. The third-order valence-corrected chi connectivity index (χ3v) is 3.46. The standard InChI is InChI=1S/C15H18N2O4/c1-9-4-12(5-10(2)14(9)8-18)17-7-13(21-15(17)20)6-16-11(3)19/h4-5,8,13H,6-7H2,1-3H3,(H,16,19). The highest BCUT2D eigenvalue weighted by molar-refractivity contribution is 5.91. The van der Waals surface area contributed by atoms with Gasteiger partial charge in [0.1, 0.15) is 6.10 Å². The number of anilines is 1. The minimum absolute atomic E-state index is 0.161. The molecular formula is C15H18N2O4. The van der Waals surface area contributed by atoms with Crippen molar-refractivity contribution < 1.29 is 19.1 Å². The zero-order chi connectivity index (χ0) is 15.6. The first-order chi connectivity index (χ1) is 9.92. The van der Waals surface area contributed by atoms with Crippen molar-refractivity contribution in [3.63, 3.8) is 0 Å². The first-order valence-electron chi connectivity index (χ1n) is 6.71. The summed E-state index contributed by atoms with van der Waals surface area (Å²) in [5.74, 6) is -0.161. The van der Waals surface area contributed by atoms with Crippen molar-refractivity contribution in [2.24, 2.45) is 0 Å². The number of rotatable bonds is 4. The van der Waals surface area contributed by atoms with Crippen molar-refractivity contribution in [3.05, 3.63) is 28.8 Å². The van der Waals surface area contributed by atoms with Crippen molar-refractivity contribution in [1.82, 2.24) is 5.32 Å². The smallest absolute Gasteiger partial charge is 0.414 e. The minimum atomic E-state index is -0.442. The van der Waals surface area contributed by atoms with Crippen LogP contribution in [0.25, 0.3) is 0 Å². The van der Waals surface area contributed by atoms with Crippen LogP contribution in [-0.4, -0.2) is 37.5 Å². The molecule has 1 heterocycles. The summed E-state index contributed by atoms with van der Waals surface area (Å²) in [6.45, 7) is 5.74. The van der Waals surface area contributed by atoms with Gasteiger partial charge < -0.3 is 10.1 Å². The number of carbonyl (C=O) groups excluding carboxylic acids is 3. The Morgan fingerprint density at radius 3 is 2.57 bits per heavy atom. The van der Waals surface area contributed by atoms with Gasteiger partial charge in [-0.15, -0.1) is 0 Å². The molecule has 0 spiro atoms. The van der Waals surface area contributed by atoms with Crippen molar-refractivity contribution in [1.29, 1.82) is 0 Å². The maximum absolute atomic E-state index is 11.9. The first-order valence-corrected chi connectivity index (χ1v) is 6.71. The van der Waals surface area contributed by atoms with Crippen molar-refractivity contribution in [3.8, 4) is 0 Å². The molecule has 1 aromatic carbocycles. The number of aldehydes is 1. The van der Waals surface area contributed by atoms with Crippen LogP contribution in [0.1, 0.15) is 28.4 Å². The highest BCUT2D eigenvalue weighted by Gasteiger charge is 2.32. The van der Waals surface area contributed by atoms with Crippen LogP contribution in [0.5, 0.6) is 0 Å². The normalized spacial score (nSPS) is 17.6. The molecular weight excluding hydrogens is 272 g/mol. The second kappa shape index (κ2) is 5.95. The Labute approximate surface area is 123 Å². The van der Waals surface area contributed by atoms with E-state index in [1.165, 1.54) is 11.8 Å². The minimum Gasteiger partial charge on any atom is -0.442 e. The SMILES string of the molecule is CC(=O)NCC1CN(c2cc(C)c(C=O)c(C)c2)C(=O)O1. The van der Waals surface area contributed by atoms with E-state index in [4.69, 9.17) is 4.74 Å². The number of cyclic esters (lactones) is 1. The number of ether oxygens (including phenoxy) is 1. The van der Waals surface area contributed by atoms with Crippen molar-refractivity contribution >= 4 is 24.0 Å². The van der Waals surface area contributed by atoms with Crippen LogP contribution in [-0.2, 0) is 9.53 Å². The third-order valence-electron chi connectivity index (χ3n) is 3.46. The molecule has 1 fully saturated rings. The molecule has 1 saturated heterocycles. The maximum atomic E-state index is 11.9. The second-order valence-corrected chi connectivity index (χ2v) is 5.16. The quantitative estimate of drug-likeness (QED) is 0.854. The fourth-order valence-corrected chi connectivity index (χ4v) is 2.39. The summed E-state index contributed by atoms with van der Waals surface area (Å²) in [7, 11) is 0. The lowest BCUT2D eigenvalue weighted by atomic mass is 10.0. The zero-order valence-electron chi connectivity index (χ0n) is 12.3. The zero-order valence-corrected chi connectivity index (χ0v) is 12.3. The predicted octanol–water partition coefficient (Wildman–Crippen LogP) is 1.58. The Bertz CT molecular complexity index is 574. The lowest BCUT2D eigenvalue weighted by Crippen LogP contribution is -2.33. The molecule has 0 radical (unpaired) electrons. The summed E-state index contributed by atoms with van der Waals surface area (Å²) in [6.07, 6.45) is 0.00633. The van der Waals surface area contributed by atoms with Gasteiger partial charge in [-0.2, -0.15) is 0 Å². The van der Waals surface area contributed by atoms with E-state index in [1.807, 2.05) is 13.8 Å². The van der Waals surface area contributed by atoms with Gasteiger partial charge in [-0.3, -0.25) is 14.5 Å². The molecule has 112 valence electrons. The van der Waals surface area contributed by atoms with E-state index in [-0.39, 0.29) is 12.0 Å². The molecule has 1 aromatic rings. The number of hydrogen-bond donors (Lipinski definition) is 1. The average Bonchev–Trinajstić information content (AvgIpc) is 2.77. The Kier molecular flexibility index (Phi) is 4.26. The largest absolute Gasteiger partial charge is 0.442 e. The molecule has 1 aliphatic heterocycles. The van der Waals surface area contributed by atoms with E-state index in [0.29, 0.717) is 24.3 Å². The van der Waals surface area contributed by atoms with Crippen LogP contribution in [0.15, 0.2) is 12.1 Å². The van der Waals surface area contributed by atoms with Gasteiger partial charge in [-0.1, -0.05) is 0 Å². The van der Waals surface area contributed by atoms with E-state index in [0.717, 1.165) is 17.4 Å². The summed E-state index contributed by atoms with van der Waals surface area (Å²) in [5.41, 5.74) is 2.98. The Morgan fingerprint density at radius 1 is 1.43 bits per heavy atom. The summed E-state index contributed by atoms with van der Waals surface area (Å²) in [4.78, 5) is 35.3. The lowest BCUT2D eigenvalue weighted by molar-refractivity contribution is -0.119. The molecule has 1 atom stereocenters. The Hall–Kier alpha value is -2.37. The van der Waals surface area contributed by atoms with Gasteiger partial charge in [0.25, 0.3) is 0 Å². The number of hydrogen-bond acceptors (Lipinski definition) is 4. The Morgan fingerprint density at radius 2 is 2.05 bits per heavy atom. The fourth-order valence-electron chi connectivity index (χ4n) is 2.39. The molecule has 1 aliphatic rings. The van der Waals surface area contributed by atoms with E-state index < -0.39 is 6.09 Å². The number of amides is 2. The Balaban J connectivity index is 2.17. The molecule has 1 N–H and O–H groups in total. The average molecular weight is 290 g/mol. The van der Waals surface area contributed by atoms with Crippen LogP contribution in [0.2, 0.25) is 0 Å². The van der Waals surface area contributed by atoms with Crippen LogP contribution in [0.3, 0.4) is 0 Å². The summed E-state index contributed by atoms with van der Waals surface area (Å²) < 4.78 is 5.22. The molecule has 0 saturated carbocycles. The monoisotopic (exact) mass is 290 g/mol. The van der Waals surface area contributed by atoms with Crippen LogP contribution < -0.4 is 10.2 Å². The summed E-state index contributed by atoms with van der Waals surface area (Å²) in [6, 6.07) is 3.58. The van der Waals surface area contributed by atoms with Gasteiger partial charge in [0, 0.05) is 18.2 Å². The molecule has 2 amide bonds. The van der Waals surface area contributed by atoms with E-state index in [1.54, 1.807) is 12.1 Å². The van der Waals surface area contributed by atoms with Gasteiger partial charge >= 0.3 is 6.09 Å². The van der Waals surface area contributed by atoms with Crippen LogP contribution in [0, 0.1) is 13.8 Å². The summed E-state index contributed by atoms with van der Waals surface area (Å²) >= 11 is 0. The highest BCUT2D eigenvalue weighted by atomic mass is 16.6. The molecule has 0 bridgehead atoms. The fraction of sp³-hybridized carbons (Fsp3) is 0.400. The third kappa shape index (κ3) is 3.21. The molecule has 1 unspecified atom stereocenters. The van der Waals surface area contributed by atoms with E-state index in [2.05, 4.69) is 5.32 Å². The first kappa shape index (κ1) is 15.0. The van der Waals surface area contributed by atoms with Gasteiger partial charge in [-0.25, -0.2) is 4.79 Å². The van der Waals surface area contributed by atoms with E-state index >= 15 is 0 Å². The number of benzene rings is 1. The summed E-state index contributed by atoms with van der Waals surface area (Å²) in [5, 5.41) is 2.63. The van der Waals surface area contributed by atoms with Crippen molar-refractivity contribution in [2.75, 3.05) is 18.0 Å². The molecule has 2 rings (SSSR count). The molecule has 0 aromatic heterocycles. The van der Waals surface area contributed by atoms with Gasteiger partial charge in [0.15, 0.2) is 6.29 Å². The van der Waals surface area contributed by atoms with E-state index in [9.17, 15) is 14.4 Å². The van der Waals surface area contributed by atoms with Gasteiger partial charge in [-0.05, 0) is 37.1 Å². The topological polar surface area (TPSA) is 75.7 Å². The van der Waals surface area contributed by atoms with Crippen molar-refractivity contribution in [2.45, 2.75) is 26.9 Å². The molecule has 0 aliphatic carbocycles. The number of aryl methyl sites for hydroxylation is 2. The number of nitrogens with one attached hydrogen (secondary N) is 1. The second-order valence-electron chi connectivity index (χ2n) is 5.16. The van der Waals surface area contributed by atoms with Crippen LogP contribution >= 0.6 is 0 Å². The maximum Gasteiger partial charge on any atom is 0.414 e. The molecule has 6 nitrogen and oxygen atoms in total.